The maximum Gasteiger partial charge on any atom is 0.338 e. The Labute approximate surface area is 183 Å². The van der Waals surface area contributed by atoms with Crippen LogP contribution in [0.4, 0.5) is 0 Å². The second-order valence-corrected chi connectivity index (χ2v) is 8.02. The molecule has 2 aromatic carbocycles. The maximum atomic E-state index is 12.1. The van der Waals surface area contributed by atoms with E-state index in [1.54, 1.807) is 36.4 Å². The molecular formula is C21H21BrCl2O4. The maximum absolute atomic E-state index is 12.1. The Balaban J connectivity index is 1.54. The number of halogens is 3. The van der Waals surface area contributed by atoms with Crippen LogP contribution in [0.1, 0.15) is 41.3 Å². The Hall–Kier alpha value is -1.11. The molecule has 150 valence electrons. The van der Waals surface area contributed by atoms with E-state index in [1.165, 1.54) is 0 Å². The summed E-state index contributed by atoms with van der Waals surface area (Å²) in [5, 5.41) is 1.71. The molecule has 1 aliphatic heterocycles. The third-order valence-corrected chi connectivity index (χ3v) is 5.64. The zero-order valence-corrected chi connectivity index (χ0v) is 18.3. The Bertz CT molecular complexity index is 787. The molecular weight excluding hydrogens is 467 g/mol. The minimum absolute atomic E-state index is 0.192. The van der Waals surface area contributed by atoms with Gasteiger partial charge in [-0.15, -0.1) is 0 Å². The Kier molecular flexibility index (Phi) is 8.18. The van der Waals surface area contributed by atoms with Crippen molar-refractivity contribution in [3.63, 3.8) is 0 Å². The number of alkyl halides is 1. The molecule has 2 aromatic rings. The van der Waals surface area contributed by atoms with E-state index in [9.17, 15) is 4.79 Å². The van der Waals surface area contributed by atoms with Gasteiger partial charge in [-0.2, -0.15) is 0 Å². The summed E-state index contributed by atoms with van der Waals surface area (Å²) in [6.07, 6.45) is 1.69. The molecule has 0 saturated carbocycles. The lowest BCUT2D eigenvalue weighted by Gasteiger charge is -2.32. The van der Waals surface area contributed by atoms with Crippen LogP contribution in [0.25, 0.3) is 0 Å². The van der Waals surface area contributed by atoms with Crippen molar-refractivity contribution in [2.45, 2.75) is 37.8 Å². The molecule has 3 rings (SSSR count). The molecule has 0 radical (unpaired) electrons. The van der Waals surface area contributed by atoms with Crippen molar-refractivity contribution < 1.29 is 19.0 Å². The smallest absolute Gasteiger partial charge is 0.338 e. The number of esters is 1. The predicted molar refractivity (Wildman–Crippen MR) is 113 cm³/mol. The molecule has 0 bridgehead atoms. The Morgan fingerprint density at radius 2 is 1.96 bits per heavy atom. The molecule has 0 aromatic heterocycles. The number of ether oxygens (including phenoxy) is 3. The summed E-state index contributed by atoms with van der Waals surface area (Å²) < 4.78 is 17.5. The van der Waals surface area contributed by atoms with E-state index in [1.807, 2.05) is 12.1 Å². The number of carbonyl (C=O) groups is 1. The second kappa shape index (κ2) is 10.6. The molecule has 4 nitrogen and oxygen atoms in total. The van der Waals surface area contributed by atoms with Gasteiger partial charge in [0.05, 0.1) is 17.8 Å². The summed E-state index contributed by atoms with van der Waals surface area (Å²) in [5.74, 6) is -0.349. The highest BCUT2D eigenvalue weighted by molar-refractivity contribution is 9.09. The third-order valence-electron chi connectivity index (χ3n) is 4.49. The third kappa shape index (κ3) is 5.94. The van der Waals surface area contributed by atoms with Gasteiger partial charge in [0.2, 0.25) is 0 Å². The summed E-state index contributed by atoms with van der Waals surface area (Å²) in [6, 6.07) is 14.3. The highest BCUT2D eigenvalue weighted by atomic mass is 79.9. The molecule has 1 aliphatic rings. The van der Waals surface area contributed by atoms with Gasteiger partial charge < -0.3 is 14.2 Å². The first kappa shape index (κ1) is 21.6. The average Bonchev–Trinajstić information content (AvgIpc) is 2.71. The van der Waals surface area contributed by atoms with Crippen molar-refractivity contribution >= 4 is 45.1 Å². The quantitative estimate of drug-likeness (QED) is 0.344. The van der Waals surface area contributed by atoms with E-state index in [0.29, 0.717) is 20.9 Å². The number of hydrogen-bond donors (Lipinski definition) is 0. The zero-order chi connectivity index (χ0) is 19.9. The number of carbonyl (C=O) groups excluding carboxylic acids is 1. The average molecular weight is 488 g/mol. The van der Waals surface area contributed by atoms with Crippen LogP contribution in [-0.2, 0) is 14.2 Å². The van der Waals surface area contributed by atoms with Crippen LogP contribution >= 0.6 is 39.1 Å². The fourth-order valence-electron chi connectivity index (χ4n) is 3.05. The molecule has 0 N–H and O–H groups in total. The van der Waals surface area contributed by atoms with Crippen molar-refractivity contribution in [1.29, 1.82) is 0 Å². The van der Waals surface area contributed by atoms with Gasteiger partial charge in [0.25, 0.3) is 0 Å². The van der Waals surface area contributed by atoms with E-state index < -0.39 is 0 Å². The van der Waals surface area contributed by atoms with Crippen LogP contribution < -0.4 is 0 Å². The monoisotopic (exact) mass is 486 g/mol. The lowest BCUT2D eigenvalue weighted by atomic mass is 10.1. The van der Waals surface area contributed by atoms with Gasteiger partial charge in [0.1, 0.15) is 6.61 Å². The molecule has 0 spiro atoms. The summed E-state index contributed by atoms with van der Waals surface area (Å²) in [5.41, 5.74) is 1.38. The van der Waals surface area contributed by atoms with E-state index in [0.717, 1.165) is 24.8 Å². The van der Waals surface area contributed by atoms with Crippen molar-refractivity contribution in [3.8, 4) is 0 Å². The van der Waals surface area contributed by atoms with Gasteiger partial charge in [-0.05, 0) is 43.5 Å². The highest BCUT2D eigenvalue weighted by Gasteiger charge is 2.27. The molecule has 1 heterocycles. The van der Waals surface area contributed by atoms with Gasteiger partial charge in [-0.1, -0.05) is 63.4 Å². The first-order valence-corrected chi connectivity index (χ1v) is 11.0. The van der Waals surface area contributed by atoms with Gasteiger partial charge in [0, 0.05) is 20.9 Å². The fraction of sp³-hybridized carbons (Fsp3) is 0.381. The lowest BCUT2D eigenvalue weighted by molar-refractivity contribution is -0.218. The molecule has 7 heteroatoms. The molecule has 1 fully saturated rings. The first-order chi connectivity index (χ1) is 13.6. The molecule has 1 unspecified atom stereocenters. The van der Waals surface area contributed by atoms with Crippen LogP contribution in [0.2, 0.25) is 10.0 Å². The summed E-state index contributed by atoms with van der Waals surface area (Å²) in [4.78, 5) is 12.1. The fourth-order valence-corrected chi connectivity index (χ4v) is 4.08. The molecule has 28 heavy (non-hydrogen) atoms. The molecule has 1 saturated heterocycles. The molecule has 3 atom stereocenters. The van der Waals surface area contributed by atoms with E-state index in [-0.39, 0.29) is 31.1 Å². The standard InChI is InChI=1S/C21H21BrCl2O4/c22-12-19(17-10-9-15(23)11-18(17)24)28-20-8-4-7-16(27-20)13-26-21(25)14-5-2-1-3-6-14/h1-3,5-6,9-11,16,19-20H,4,7-8,12-13H2/t16-,19?,20+/m1/s1. The zero-order valence-electron chi connectivity index (χ0n) is 15.2. The Morgan fingerprint density at radius 1 is 1.18 bits per heavy atom. The topological polar surface area (TPSA) is 44.8 Å². The minimum atomic E-state index is -0.386. The van der Waals surface area contributed by atoms with E-state index in [4.69, 9.17) is 37.4 Å². The predicted octanol–water partition coefficient (Wildman–Crippen LogP) is 6.20. The van der Waals surface area contributed by atoms with Crippen molar-refractivity contribution in [1.82, 2.24) is 0 Å². The Morgan fingerprint density at radius 3 is 2.68 bits per heavy atom. The van der Waals surface area contributed by atoms with Crippen LogP contribution in [-0.4, -0.2) is 30.3 Å². The normalized spacial score (nSPS) is 20.5. The van der Waals surface area contributed by atoms with Gasteiger partial charge in [0.15, 0.2) is 6.29 Å². The summed E-state index contributed by atoms with van der Waals surface area (Å²) in [7, 11) is 0. The van der Waals surface area contributed by atoms with Crippen LogP contribution in [0.5, 0.6) is 0 Å². The minimum Gasteiger partial charge on any atom is -0.459 e. The van der Waals surface area contributed by atoms with Crippen molar-refractivity contribution in [2.75, 3.05) is 11.9 Å². The first-order valence-electron chi connectivity index (χ1n) is 9.11. The summed E-state index contributed by atoms with van der Waals surface area (Å²) in [6.45, 7) is 0.203. The molecule has 0 aliphatic carbocycles. The largest absolute Gasteiger partial charge is 0.459 e. The van der Waals surface area contributed by atoms with Gasteiger partial charge in [-0.3, -0.25) is 0 Å². The van der Waals surface area contributed by atoms with Crippen molar-refractivity contribution in [2.24, 2.45) is 0 Å². The van der Waals surface area contributed by atoms with Gasteiger partial charge in [-0.25, -0.2) is 4.79 Å². The second-order valence-electron chi connectivity index (χ2n) is 6.53. The number of hydrogen-bond acceptors (Lipinski definition) is 4. The van der Waals surface area contributed by atoms with Crippen molar-refractivity contribution in [3.05, 3.63) is 69.7 Å². The summed E-state index contributed by atoms with van der Waals surface area (Å²) >= 11 is 15.8. The van der Waals surface area contributed by atoms with Crippen LogP contribution in [0.3, 0.4) is 0 Å². The SMILES string of the molecule is O=C(OC[C@H]1CCC[C@H](OC(CBr)c2ccc(Cl)cc2Cl)O1)c1ccccc1. The lowest BCUT2D eigenvalue weighted by Crippen LogP contribution is -2.34. The number of benzene rings is 2. The van der Waals surface area contributed by atoms with Crippen LogP contribution in [0.15, 0.2) is 48.5 Å². The van der Waals surface area contributed by atoms with E-state index in [2.05, 4.69) is 15.9 Å². The van der Waals surface area contributed by atoms with E-state index >= 15 is 0 Å². The number of rotatable bonds is 7. The van der Waals surface area contributed by atoms with Gasteiger partial charge >= 0.3 is 5.97 Å². The molecule has 0 amide bonds. The highest BCUT2D eigenvalue weighted by Crippen LogP contribution is 2.32. The van der Waals surface area contributed by atoms with Crippen LogP contribution in [0, 0.1) is 0 Å².